The molecular formula is C10H7F13O3. The van der Waals surface area contributed by atoms with E-state index < -0.39 is 62.1 Å². The summed E-state index contributed by atoms with van der Waals surface area (Å²) in [7, 11) is 0. The fourth-order valence-corrected chi connectivity index (χ4v) is 1.09. The highest BCUT2D eigenvalue weighted by Crippen LogP contribution is 2.53. The Hall–Kier alpha value is -1.64. The first-order chi connectivity index (χ1) is 11.3. The average molecular weight is 422 g/mol. The zero-order chi connectivity index (χ0) is 21.2. The number of hydrogen-bond acceptors (Lipinski definition) is 3. The Bertz CT molecular complexity index is 485. The van der Waals surface area contributed by atoms with E-state index in [-0.39, 0.29) is 0 Å². The van der Waals surface area contributed by atoms with Gasteiger partial charge in [-0.2, -0.15) is 48.3 Å². The highest BCUT2D eigenvalue weighted by Gasteiger charge is 2.81. The molecule has 16 heteroatoms. The summed E-state index contributed by atoms with van der Waals surface area (Å²) in [6, 6.07) is 0. The highest BCUT2D eigenvalue weighted by atomic mass is 19.4. The Labute approximate surface area is 135 Å². The van der Waals surface area contributed by atoms with Crippen LogP contribution in [0.3, 0.4) is 0 Å². The van der Waals surface area contributed by atoms with E-state index >= 15 is 0 Å². The third-order valence-corrected chi connectivity index (χ3v) is 2.55. The van der Waals surface area contributed by atoms with Crippen molar-refractivity contribution in [1.29, 1.82) is 0 Å². The Kier molecular flexibility index (Phi) is 7.06. The van der Waals surface area contributed by atoms with Crippen molar-refractivity contribution in [2.24, 2.45) is 0 Å². The zero-order valence-corrected chi connectivity index (χ0v) is 11.8. The fourth-order valence-electron chi connectivity index (χ4n) is 1.09. The van der Waals surface area contributed by atoms with Gasteiger partial charge in [0.15, 0.2) is 6.61 Å². The molecule has 0 saturated heterocycles. The molecule has 156 valence electrons. The minimum absolute atomic E-state index is 1.98. The van der Waals surface area contributed by atoms with Gasteiger partial charge in [-0.15, -0.1) is 0 Å². The lowest BCUT2D eigenvalue weighted by Gasteiger charge is -2.33. The summed E-state index contributed by atoms with van der Waals surface area (Å²) in [5.41, 5.74) is 0. The van der Waals surface area contributed by atoms with E-state index in [2.05, 4.69) is 9.47 Å². The molecule has 0 fully saturated rings. The van der Waals surface area contributed by atoms with Gasteiger partial charge < -0.3 is 9.47 Å². The number of alkyl halides is 13. The van der Waals surface area contributed by atoms with Crippen LogP contribution >= 0.6 is 0 Å². The predicted molar refractivity (Wildman–Crippen MR) is 53.8 cm³/mol. The van der Waals surface area contributed by atoms with Gasteiger partial charge in [-0.3, -0.25) is 0 Å². The Morgan fingerprint density at radius 3 is 1.62 bits per heavy atom. The van der Waals surface area contributed by atoms with Crippen molar-refractivity contribution in [1.82, 2.24) is 0 Å². The van der Waals surface area contributed by atoms with Gasteiger partial charge in [0, 0.05) is 0 Å². The average Bonchev–Trinajstić information content (AvgIpc) is 2.43. The lowest BCUT2D eigenvalue weighted by Crippen LogP contribution is -2.61. The standard InChI is InChI=1S/C10H7F13O3/c11-4(12)6(13,14)3-26-5(24)25-2-1-7(15,16)8(17,18)9(19,20)10(21,22)23/h4H,1-3H2. The molecule has 0 spiro atoms. The van der Waals surface area contributed by atoms with Crippen molar-refractivity contribution in [3.05, 3.63) is 0 Å². The van der Waals surface area contributed by atoms with E-state index in [4.69, 9.17) is 0 Å². The highest BCUT2D eigenvalue weighted by molar-refractivity contribution is 5.59. The molecule has 0 atom stereocenters. The second kappa shape index (κ2) is 7.54. The molecule has 0 aromatic carbocycles. The Morgan fingerprint density at radius 1 is 0.769 bits per heavy atom. The van der Waals surface area contributed by atoms with Crippen LogP contribution < -0.4 is 0 Å². The largest absolute Gasteiger partial charge is 0.508 e. The topological polar surface area (TPSA) is 35.5 Å². The molecule has 0 rings (SSSR count). The molecule has 0 aliphatic carbocycles. The second-order valence-corrected chi connectivity index (χ2v) is 4.55. The number of rotatable bonds is 8. The smallest absolute Gasteiger partial charge is 0.434 e. The van der Waals surface area contributed by atoms with Gasteiger partial charge in [0.1, 0.15) is 6.61 Å². The lowest BCUT2D eigenvalue weighted by molar-refractivity contribution is -0.397. The predicted octanol–water partition coefficient (Wildman–Crippen LogP) is 4.90. The van der Waals surface area contributed by atoms with Crippen LogP contribution in [-0.2, 0) is 9.47 Å². The summed E-state index contributed by atoms with van der Waals surface area (Å²) in [6.45, 7) is -4.28. The Morgan fingerprint density at radius 2 is 1.23 bits per heavy atom. The molecule has 0 aliphatic heterocycles. The van der Waals surface area contributed by atoms with Crippen LogP contribution in [0.1, 0.15) is 6.42 Å². The third-order valence-electron chi connectivity index (χ3n) is 2.55. The molecule has 0 aliphatic rings. The van der Waals surface area contributed by atoms with E-state index in [1.54, 1.807) is 0 Å². The number of halogens is 13. The molecule has 26 heavy (non-hydrogen) atoms. The van der Waals surface area contributed by atoms with E-state index in [0.717, 1.165) is 0 Å². The van der Waals surface area contributed by atoms with Gasteiger partial charge in [-0.05, 0) is 0 Å². The number of carbonyl (C=O) groups excluding carboxylic acids is 1. The van der Waals surface area contributed by atoms with Crippen molar-refractivity contribution >= 4 is 6.16 Å². The van der Waals surface area contributed by atoms with Gasteiger partial charge in [0.2, 0.25) is 0 Å². The minimum atomic E-state index is -7.15. The van der Waals surface area contributed by atoms with Crippen molar-refractivity contribution in [2.45, 2.75) is 42.7 Å². The first-order valence-corrected chi connectivity index (χ1v) is 5.95. The van der Waals surface area contributed by atoms with E-state index in [1.165, 1.54) is 0 Å². The van der Waals surface area contributed by atoms with Crippen LogP contribution in [0.4, 0.5) is 61.9 Å². The second-order valence-electron chi connectivity index (χ2n) is 4.55. The van der Waals surface area contributed by atoms with Crippen LogP contribution in [0, 0.1) is 0 Å². The summed E-state index contributed by atoms with van der Waals surface area (Å²) in [5.74, 6) is -25.0. The van der Waals surface area contributed by atoms with Crippen molar-refractivity contribution in [3.8, 4) is 0 Å². The van der Waals surface area contributed by atoms with Crippen LogP contribution in [0.15, 0.2) is 0 Å². The summed E-state index contributed by atoms with van der Waals surface area (Å²) in [6.07, 6.45) is -16.3. The van der Waals surface area contributed by atoms with Crippen molar-refractivity contribution in [2.75, 3.05) is 13.2 Å². The Balaban J connectivity index is 4.77. The molecule has 0 aromatic heterocycles. The molecule has 0 amide bonds. The van der Waals surface area contributed by atoms with E-state index in [0.29, 0.717) is 0 Å². The molecule has 0 aromatic rings. The molecule has 0 heterocycles. The maximum Gasteiger partial charge on any atom is 0.508 e. The summed E-state index contributed by atoms with van der Waals surface area (Å²) >= 11 is 0. The van der Waals surface area contributed by atoms with Crippen molar-refractivity contribution in [3.63, 3.8) is 0 Å². The fraction of sp³-hybridized carbons (Fsp3) is 0.900. The first kappa shape index (κ1) is 24.4. The monoisotopic (exact) mass is 422 g/mol. The summed E-state index contributed by atoms with van der Waals surface area (Å²) in [4.78, 5) is 10.6. The number of hydrogen-bond donors (Lipinski definition) is 0. The van der Waals surface area contributed by atoms with Gasteiger partial charge in [-0.1, -0.05) is 0 Å². The third kappa shape index (κ3) is 5.18. The maximum atomic E-state index is 13.0. The molecule has 0 saturated carbocycles. The normalized spacial score (nSPS) is 14.5. The number of ether oxygens (including phenoxy) is 2. The van der Waals surface area contributed by atoms with Gasteiger partial charge in [0.05, 0.1) is 6.42 Å². The van der Waals surface area contributed by atoms with Crippen LogP contribution in [0.25, 0.3) is 0 Å². The lowest BCUT2D eigenvalue weighted by atomic mass is 10.0. The molecule has 3 nitrogen and oxygen atoms in total. The molecule has 0 bridgehead atoms. The molecule has 0 unspecified atom stereocenters. The summed E-state index contributed by atoms with van der Waals surface area (Å²) in [5, 5.41) is 0. The van der Waals surface area contributed by atoms with E-state index in [1.807, 2.05) is 0 Å². The van der Waals surface area contributed by atoms with Crippen molar-refractivity contribution < 1.29 is 71.3 Å². The van der Waals surface area contributed by atoms with Gasteiger partial charge in [0.25, 0.3) is 0 Å². The quantitative estimate of drug-likeness (QED) is 0.413. The molecule has 0 radical (unpaired) electrons. The van der Waals surface area contributed by atoms with Gasteiger partial charge >= 0.3 is 42.4 Å². The SMILES string of the molecule is O=C(OCCC(F)(F)C(F)(F)C(F)(F)C(F)(F)F)OCC(F)(F)C(F)F. The zero-order valence-electron chi connectivity index (χ0n) is 11.8. The first-order valence-electron chi connectivity index (χ1n) is 5.95. The van der Waals surface area contributed by atoms with Crippen LogP contribution in [0.2, 0.25) is 0 Å². The number of carbonyl (C=O) groups is 1. The van der Waals surface area contributed by atoms with Crippen LogP contribution in [-0.4, -0.2) is 55.7 Å². The maximum absolute atomic E-state index is 13.0. The van der Waals surface area contributed by atoms with E-state index in [9.17, 15) is 61.9 Å². The molecular weight excluding hydrogens is 415 g/mol. The van der Waals surface area contributed by atoms with Crippen LogP contribution in [0.5, 0.6) is 0 Å². The molecule has 0 N–H and O–H groups in total. The summed E-state index contributed by atoms with van der Waals surface area (Å²) < 4.78 is 167. The van der Waals surface area contributed by atoms with Gasteiger partial charge in [-0.25, -0.2) is 13.6 Å². The minimum Gasteiger partial charge on any atom is -0.434 e.